The summed E-state index contributed by atoms with van der Waals surface area (Å²) < 4.78 is 62.8. The van der Waals surface area contributed by atoms with Crippen molar-refractivity contribution in [2.75, 3.05) is 48.3 Å². The number of carbonyl (C=O) groups is 1. The van der Waals surface area contributed by atoms with E-state index in [-0.39, 0.29) is 41.1 Å². The van der Waals surface area contributed by atoms with Gasteiger partial charge in [-0.2, -0.15) is 0 Å². The first-order chi connectivity index (χ1) is 20.4. The van der Waals surface area contributed by atoms with Crippen LogP contribution in [-0.2, 0) is 4.74 Å². The quantitative estimate of drug-likeness (QED) is 0.361. The maximum atomic E-state index is 15.8. The SMILES string of the molecule is C[C@@H]1CN(c2ncc(-c3cc(NC(=O)c4ccc(F)cc4C(F)F)c(N4C[C@@H](C)N(C)[C@@H](C)C4)cc3F)cn2)C[C@H](C)O1. The molecule has 2 saturated heterocycles. The van der Waals surface area contributed by atoms with Gasteiger partial charge in [0.15, 0.2) is 0 Å². The van der Waals surface area contributed by atoms with Crippen LogP contribution in [0.1, 0.15) is 50.0 Å². The van der Waals surface area contributed by atoms with Crippen LogP contribution in [0.4, 0.5) is 34.9 Å². The Hall–Kier alpha value is -3.77. The fourth-order valence-electron chi connectivity index (χ4n) is 5.82. The molecule has 3 heterocycles. The van der Waals surface area contributed by atoms with Crippen LogP contribution in [0, 0.1) is 11.6 Å². The van der Waals surface area contributed by atoms with Gasteiger partial charge in [0.05, 0.1) is 23.6 Å². The molecule has 1 aromatic heterocycles. The molecule has 0 bridgehead atoms. The largest absolute Gasteiger partial charge is 0.372 e. The summed E-state index contributed by atoms with van der Waals surface area (Å²) in [6.45, 7) is 10.4. The zero-order valence-electron chi connectivity index (χ0n) is 24.8. The Kier molecular flexibility index (Phi) is 8.89. The van der Waals surface area contributed by atoms with E-state index in [9.17, 15) is 18.0 Å². The number of nitrogens with zero attached hydrogens (tertiary/aromatic N) is 5. The minimum atomic E-state index is -3.06. The number of hydrogen-bond donors (Lipinski definition) is 1. The van der Waals surface area contributed by atoms with Gasteiger partial charge >= 0.3 is 0 Å². The second kappa shape index (κ2) is 12.5. The number of morpholine rings is 1. The van der Waals surface area contributed by atoms with E-state index in [4.69, 9.17) is 4.74 Å². The van der Waals surface area contributed by atoms with Crippen molar-refractivity contribution in [3.05, 3.63) is 65.5 Å². The Balaban J connectivity index is 1.52. The van der Waals surface area contributed by atoms with E-state index < -0.39 is 29.5 Å². The lowest BCUT2D eigenvalue weighted by molar-refractivity contribution is -0.00572. The molecule has 1 N–H and O–H groups in total. The van der Waals surface area contributed by atoms with Crippen molar-refractivity contribution < 1.29 is 27.1 Å². The third kappa shape index (κ3) is 6.59. The maximum Gasteiger partial charge on any atom is 0.264 e. The predicted octanol–water partition coefficient (Wildman–Crippen LogP) is 5.75. The number of hydrogen-bond acceptors (Lipinski definition) is 7. The Morgan fingerprint density at radius 3 is 2.16 bits per heavy atom. The fourth-order valence-corrected chi connectivity index (χ4v) is 5.82. The normalized spacial score (nSPS) is 23.1. The highest BCUT2D eigenvalue weighted by Gasteiger charge is 2.30. The number of anilines is 3. The second-order valence-corrected chi connectivity index (χ2v) is 11.5. The minimum absolute atomic E-state index is 0.00916. The Morgan fingerprint density at radius 1 is 0.930 bits per heavy atom. The van der Waals surface area contributed by atoms with Crippen LogP contribution < -0.4 is 15.1 Å². The van der Waals surface area contributed by atoms with Crippen LogP contribution in [0.25, 0.3) is 11.1 Å². The van der Waals surface area contributed by atoms with Crippen LogP contribution in [0.3, 0.4) is 0 Å². The van der Waals surface area contributed by atoms with Crippen LogP contribution in [0.15, 0.2) is 42.7 Å². The summed E-state index contributed by atoms with van der Waals surface area (Å²) in [5.41, 5.74) is 0.0743. The monoisotopic (exact) mass is 600 g/mol. The number of ether oxygens (including phenoxy) is 1. The molecule has 5 rings (SSSR count). The van der Waals surface area contributed by atoms with E-state index in [2.05, 4.69) is 20.2 Å². The smallest absolute Gasteiger partial charge is 0.264 e. The van der Waals surface area contributed by atoms with E-state index in [0.717, 1.165) is 12.1 Å². The van der Waals surface area contributed by atoms with Gasteiger partial charge in [-0.3, -0.25) is 9.69 Å². The number of likely N-dealkylation sites (N-methyl/N-ethyl adjacent to an activating group) is 1. The Morgan fingerprint density at radius 2 is 1.56 bits per heavy atom. The van der Waals surface area contributed by atoms with E-state index >= 15 is 4.39 Å². The van der Waals surface area contributed by atoms with Gasteiger partial charge in [-0.25, -0.2) is 27.5 Å². The fraction of sp³-hybridized carbons (Fsp3) is 0.452. The Bertz CT molecular complexity index is 1450. The molecule has 2 aromatic carbocycles. The number of amides is 1. The molecule has 2 aliphatic heterocycles. The summed E-state index contributed by atoms with van der Waals surface area (Å²) >= 11 is 0. The van der Waals surface area contributed by atoms with Crippen molar-refractivity contribution in [2.45, 2.75) is 58.4 Å². The van der Waals surface area contributed by atoms with Crippen molar-refractivity contribution in [3.63, 3.8) is 0 Å². The van der Waals surface area contributed by atoms with Crippen molar-refractivity contribution >= 4 is 23.2 Å². The summed E-state index contributed by atoms with van der Waals surface area (Å²) in [4.78, 5) is 28.5. The number of halogens is 4. The van der Waals surface area contributed by atoms with Crippen LogP contribution in [-0.4, -0.2) is 78.3 Å². The molecule has 43 heavy (non-hydrogen) atoms. The van der Waals surface area contributed by atoms with Crippen molar-refractivity contribution in [2.24, 2.45) is 0 Å². The highest BCUT2D eigenvalue weighted by atomic mass is 19.3. The van der Waals surface area contributed by atoms with Gasteiger partial charge < -0.3 is 19.9 Å². The number of nitrogens with one attached hydrogen (secondary N) is 1. The molecule has 0 aliphatic carbocycles. The maximum absolute atomic E-state index is 15.8. The molecule has 230 valence electrons. The molecule has 8 nitrogen and oxygen atoms in total. The molecule has 3 aromatic rings. The number of alkyl halides is 2. The number of carbonyl (C=O) groups excluding carboxylic acids is 1. The molecule has 0 spiro atoms. The highest BCUT2D eigenvalue weighted by Crippen LogP contribution is 2.37. The van der Waals surface area contributed by atoms with Crippen molar-refractivity contribution in [1.82, 2.24) is 14.9 Å². The number of aromatic nitrogens is 2. The van der Waals surface area contributed by atoms with Gasteiger partial charge in [0.2, 0.25) is 5.95 Å². The molecule has 2 fully saturated rings. The van der Waals surface area contributed by atoms with Crippen LogP contribution in [0.2, 0.25) is 0 Å². The van der Waals surface area contributed by atoms with Gasteiger partial charge in [0, 0.05) is 72.9 Å². The zero-order valence-corrected chi connectivity index (χ0v) is 24.8. The molecular formula is C31H36F4N6O2. The van der Waals surface area contributed by atoms with Crippen LogP contribution >= 0.6 is 0 Å². The molecule has 0 unspecified atom stereocenters. The molecule has 4 atom stereocenters. The standard InChI is InChI=1S/C31H36F4N6O2/c1-17-13-40(14-18(2)39(17)5)28-10-26(33)24(21-11-36-31(37-12-21)41-15-19(3)43-20(4)16-41)9-27(28)38-30(42)23-7-6-22(32)8-25(23)29(34)35/h6-12,17-20,29H,13-16H2,1-5H3,(H,38,42)/t17-,18+,19-,20+. The summed E-state index contributed by atoms with van der Waals surface area (Å²) in [7, 11) is 2.02. The number of benzene rings is 2. The lowest BCUT2D eigenvalue weighted by atomic mass is 10.0. The van der Waals surface area contributed by atoms with Gasteiger partial charge in [0.25, 0.3) is 12.3 Å². The third-order valence-corrected chi connectivity index (χ3v) is 8.18. The third-order valence-electron chi connectivity index (χ3n) is 8.18. The van der Waals surface area contributed by atoms with E-state index in [1.165, 1.54) is 24.5 Å². The van der Waals surface area contributed by atoms with Crippen LogP contribution in [0.5, 0.6) is 0 Å². The molecule has 2 aliphatic rings. The van der Waals surface area contributed by atoms with Crippen molar-refractivity contribution in [1.29, 1.82) is 0 Å². The first-order valence-corrected chi connectivity index (χ1v) is 14.3. The first kappa shape index (κ1) is 30.7. The summed E-state index contributed by atoms with van der Waals surface area (Å²) in [5, 5.41) is 2.71. The second-order valence-electron chi connectivity index (χ2n) is 11.5. The topological polar surface area (TPSA) is 73.8 Å². The molecule has 0 radical (unpaired) electrons. The first-order valence-electron chi connectivity index (χ1n) is 14.3. The van der Waals surface area contributed by atoms with E-state index in [1.54, 1.807) is 0 Å². The molecule has 0 saturated carbocycles. The lowest BCUT2D eigenvalue weighted by Gasteiger charge is -2.44. The number of rotatable bonds is 6. The van der Waals surface area contributed by atoms with Gasteiger partial charge in [-0.15, -0.1) is 0 Å². The van der Waals surface area contributed by atoms with Gasteiger partial charge in [-0.05, 0) is 65.1 Å². The minimum Gasteiger partial charge on any atom is -0.372 e. The average Bonchev–Trinajstić information content (AvgIpc) is 2.95. The predicted molar refractivity (Wildman–Crippen MR) is 158 cm³/mol. The average molecular weight is 601 g/mol. The van der Waals surface area contributed by atoms with Crippen molar-refractivity contribution in [3.8, 4) is 11.1 Å². The van der Waals surface area contributed by atoms with Gasteiger partial charge in [-0.1, -0.05) is 0 Å². The summed E-state index contributed by atoms with van der Waals surface area (Å²) in [5.74, 6) is -1.78. The molecule has 1 amide bonds. The molecular weight excluding hydrogens is 564 g/mol. The van der Waals surface area contributed by atoms with Gasteiger partial charge in [0.1, 0.15) is 11.6 Å². The number of piperazine rings is 1. The Labute approximate surface area is 248 Å². The highest BCUT2D eigenvalue weighted by molar-refractivity contribution is 6.07. The van der Waals surface area contributed by atoms with E-state index in [1.807, 2.05) is 44.5 Å². The summed E-state index contributed by atoms with van der Waals surface area (Å²) in [6.07, 6.45) is -0.00545. The summed E-state index contributed by atoms with van der Waals surface area (Å²) in [6, 6.07) is 5.70. The van der Waals surface area contributed by atoms with E-state index in [0.29, 0.717) is 49.4 Å². The zero-order chi connectivity index (χ0) is 31.0. The molecule has 12 heteroatoms. The lowest BCUT2D eigenvalue weighted by Crippen LogP contribution is -2.55.